The number of hydrogen-bond donors (Lipinski definition) is 1. The van der Waals surface area contributed by atoms with Crippen molar-refractivity contribution >= 4 is 11.9 Å². The Bertz CT molecular complexity index is 194. The van der Waals surface area contributed by atoms with Crippen LogP contribution in [0.25, 0.3) is 0 Å². The minimum Gasteiger partial charge on any atom is -0.459 e. The van der Waals surface area contributed by atoms with Crippen LogP contribution in [0.1, 0.15) is 13.8 Å². The Morgan fingerprint density at radius 3 is 2.50 bits per heavy atom. The normalized spacial score (nSPS) is 10.0. The lowest BCUT2D eigenvalue weighted by Crippen LogP contribution is -2.37. The van der Waals surface area contributed by atoms with E-state index in [0.29, 0.717) is 6.54 Å². The first-order chi connectivity index (χ1) is 6.61. The van der Waals surface area contributed by atoms with E-state index in [2.05, 4.69) is 10.1 Å². The molecule has 0 aliphatic heterocycles. The number of carbonyl (C=O) groups excluding carboxylic acids is 2. The van der Waals surface area contributed by atoms with Crippen LogP contribution < -0.4 is 5.32 Å². The number of likely N-dealkylation sites (N-methyl/N-ethyl adjacent to an activating group) is 1. The molecule has 0 rings (SSSR count). The van der Waals surface area contributed by atoms with Gasteiger partial charge in [0.05, 0.1) is 6.61 Å². The molecule has 0 unspecified atom stereocenters. The summed E-state index contributed by atoms with van der Waals surface area (Å²) in [6.45, 7) is 6.00. The van der Waals surface area contributed by atoms with Crippen LogP contribution in [0.3, 0.4) is 0 Å². The molecule has 5 nitrogen and oxygen atoms in total. The Morgan fingerprint density at radius 2 is 2.00 bits per heavy atom. The minimum atomic E-state index is -0.813. The highest BCUT2D eigenvalue weighted by molar-refractivity contribution is 6.32. The predicted molar refractivity (Wildman–Crippen MR) is 52.8 cm³/mol. The molecule has 0 aliphatic rings. The first-order valence-corrected chi connectivity index (χ1v) is 4.75. The maximum absolute atomic E-state index is 11.0. The molecule has 82 valence electrons. The molecule has 0 aromatic rings. The predicted octanol–water partition coefficient (Wildman–Crippen LogP) is -0.383. The van der Waals surface area contributed by atoms with Crippen molar-refractivity contribution in [1.82, 2.24) is 10.2 Å². The molecule has 1 N–H and O–H groups in total. The molecule has 0 saturated carbocycles. The number of nitrogens with one attached hydrogen (secondary N) is 1. The Kier molecular flexibility index (Phi) is 6.74. The van der Waals surface area contributed by atoms with Crippen molar-refractivity contribution in [3.63, 3.8) is 0 Å². The molecule has 0 radical (unpaired) electrons. The quantitative estimate of drug-likeness (QED) is 0.487. The summed E-state index contributed by atoms with van der Waals surface area (Å²) in [6, 6.07) is 0. The van der Waals surface area contributed by atoms with Gasteiger partial charge in [-0.3, -0.25) is 4.79 Å². The summed E-state index contributed by atoms with van der Waals surface area (Å²) in [5.41, 5.74) is 0. The maximum atomic E-state index is 11.0. The van der Waals surface area contributed by atoms with Crippen molar-refractivity contribution in [3.8, 4) is 0 Å². The van der Waals surface area contributed by atoms with Crippen molar-refractivity contribution < 1.29 is 14.3 Å². The highest BCUT2D eigenvalue weighted by Crippen LogP contribution is 1.80. The number of ether oxygens (including phenoxy) is 1. The molecule has 0 aromatic heterocycles. The summed E-state index contributed by atoms with van der Waals surface area (Å²) < 4.78 is 4.52. The van der Waals surface area contributed by atoms with E-state index < -0.39 is 11.9 Å². The first-order valence-electron chi connectivity index (χ1n) is 4.75. The van der Waals surface area contributed by atoms with Crippen LogP contribution in [0, 0.1) is 0 Å². The fraction of sp³-hybridized carbons (Fsp3) is 0.778. The van der Waals surface area contributed by atoms with E-state index in [9.17, 15) is 9.59 Å². The summed E-state index contributed by atoms with van der Waals surface area (Å²) in [7, 11) is 1.94. The van der Waals surface area contributed by atoms with Gasteiger partial charge in [-0.05, 0) is 20.5 Å². The highest BCUT2D eigenvalue weighted by atomic mass is 16.5. The zero-order chi connectivity index (χ0) is 11.0. The van der Waals surface area contributed by atoms with Crippen molar-refractivity contribution in [3.05, 3.63) is 0 Å². The smallest absolute Gasteiger partial charge is 0.396 e. The minimum absolute atomic E-state index is 0.223. The van der Waals surface area contributed by atoms with E-state index in [1.54, 1.807) is 6.92 Å². The first kappa shape index (κ1) is 12.9. The van der Waals surface area contributed by atoms with Gasteiger partial charge in [-0.2, -0.15) is 0 Å². The molecule has 0 aliphatic carbocycles. The topological polar surface area (TPSA) is 58.6 Å². The molecule has 0 atom stereocenters. The van der Waals surface area contributed by atoms with Crippen LogP contribution in [0.2, 0.25) is 0 Å². The number of amides is 1. The molecule has 0 spiro atoms. The molecular formula is C9H18N2O3. The van der Waals surface area contributed by atoms with E-state index in [1.807, 2.05) is 18.9 Å². The lowest BCUT2D eigenvalue weighted by atomic mass is 10.5. The summed E-state index contributed by atoms with van der Waals surface area (Å²) in [5.74, 6) is -1.48. The molecular weight excluding hydrogens is 184 g/mol. The summed E-state index contributed by atoms with van der Waals surface area (Å²) in [6.07, 6.45) is 0. The Hall–Kier alpha value is -1.10. The van der Waals surface area contributed by atoms with Gasteiger partial charge in [0.25, 0.3) is 0 Å². The third-order valence-electron chi connectivity index (χ3n) is 1.78. The maximum Gasteiger partial charge on any atom is 0.396 e. The third kappa shape index (κ3) is 5.53. The Morgan fingerprint density at radius 1 is 1.36 bits per heavy atom. The lowest BCUT2D eigenvalue weighted by Gasteiger charge is -2.13. The van der Waals surface area contributed by atoms with Crippen LogP contribution in [0.5, 0.6) is 0 Å². The van der Waals surface area contributed by atoms with Gasteiger partial charge in [0.2, 0.25) is 0 Å². The fourth-order valence-electron chi connectivity index (χ4n) is 0.787. The van der Waals surface area contributed by atoms with E-state index in [-0.39, 0.29) is 6.61 Å². The third-order valence-corrected chi connectivity index (χ3v) is 1.78. The second kappa shape index (κ2) is 7.32. The summed E-state index contributed by atoms with van der Waals surface area (Å²) >= 11 is 0. The average Bonchev–Trinajstić information content (AvgIpc) is 2.17. The van der Waals surface area contributed by atoms with E-state index in [4.69, 9.17) is 0 Å². The average molecular weight is 202 g/mol. The molecule has 0 heterocycles. The summed E-state index contributed by atoms with van der Waals surface area (Å²) in [4.78, 5) is 23.9. The molecule has 0 bridgehead atoms. The fourth-order valence-corrected chi connectivity index (χ4v) is 0.787. The summed E-state index contributed by atoms with van der Waals surface area (Å²) in [5, 5.41) is 2.48. The van der Waals surface area contributed by atoms with Gasteiger partial charge in [0.1, 0.15) is 0 Å². The number of rotatable bonds is 5. The molecule has 5 heteroatoms. The number of hydrogen-bond acceptors (Lipinski definition) is 4. The largest absolute Gasteiger partial charge is 0.459 e. The molecule has 0 saturated heterocycles. The number of esters is 1. The number of carbonyl (C=O) groups is 2. The SMILES string of the molecule is CCOC(=O)C(=O)NCCN(C)CC. The zero-order valence-corrected chi connectivity index (χ0v) is 9.00. The lowest BCUT2D eigenvalue weighted by molar-refractivity contribution is -0.154. The zero-order valence-electron chi connectivity index (χ0n) is 9.00. The van der Waals surface area contributed by atoms with Gasteiger partial charge in [-0.25, -0.2) is 4.79 Å². The Labute approximate surface area is 84.4 Å². The second-order valence-electron chi connectivity index (χ2n) is 2.87. The van der Waals surface area contributed by atoms with Crippen LogP contribution in [0.15, 0.2) is 0 Å². The van der Waals surface area contributed by atoms with Crippen LogP contribution >= 0.6 is 0 Å². The second-order valence-corrected chi connectivity index (χ2v) is 2.87. The van der Waals surface area contributed by atoms with Gasteiger partial charge in [0, 0.05) is 13.1 Å². The molecule has 14 heavy (non-hydrogen) atoms. The van der Waals surface area contributed by atoms with Gasteiger partial charge in [0.15, 0.2) is 0 Å². The monoisotopic (exact) mass is 202 g/mol. The van der Waals surface area contributed by atoms with Gasteiger partial charge in [-0.1, -0.05) is 6.92 Å². The van der Waals surface area contributed by atoms with E-state index in [0.717, 1.165) is 13.1 Å². The van der Waals surface area contributed by atoms with E-state index >= 15 is 0 Å². The highest BCUT2D eigenvalue weighted by Gasteiger charge is 2.13. The molecule has 0 fully saturated rings. The van der Waals surface area contributed by atoms with Crippen molar-refractivity contribution in [2.45, 2.75) is 13.8 Å². The van der Waals surface area contributed by atoms with Crippen molar-refractivity contribution in [1.29, 1.82) is 0 Å². The Balaban J connectivity index is 3.58. The van der Waals surface area contributed by atoms with Gasteiger partial charge >= 0.3 is 11.9 Å². The molecule has 1 amide bonds. The van der Waals surface area contributed by atoms with Gasteiger partial charge < -0.3 is 15.0 Å². The van der Waals surface area contributed by atoms with Gasteiger partial charge in [-0.15, -0.1) is 0 Å². The standard InChI is InChI=1S/C9H18N2O3/c1-4-11(3)7-6-10-8(12)9(13)14-5-2/h4-7H2,1-3H3,(H,10,12). The van der Waals surface area contributed by atoms with Crippen LogP contribution in [0.4, 0.5) is 0 Å². The van der Waals surface area contributed by atoms with E-state index in [1.165, 1.54) is 0 Å². The van der Waals surface area contributed by atoms with Crippen molar-refractivity contribution in [2.24, 2.45) is 0 Å². The van der Waals surface area contributed by atoms with Crippen LogP contribution in [-0.2, 0) is 14.3 Å². The van der Waals surface area contributed by atoms with Crippen molar-refractivity contribution in [2.75, 3.05) is 33.3 Å². The number of nitrogens with zero attached hydrogens (tertiary/aromatic N) is 1. The molecule has 0 aromatic carbocycles. The van der Waals surface area contributed by atoms with Crippen LogP contribution in [-0.4, -0.2) is 50.1 Å².